The molecule has 3 aromatic rings. The van der Waals surface area contributed by atoms with E-state index in [4.69, 9.17) is 11.6 Å². The van der Waals surface area contributed by atoms with E-state index in [-0.39, 0.29) is 23.8 Å². The van der Waals surface area contributed by atoms with Crippen molar-refractivity contribution in [2.45, 2.75) is 39.3 Å². The second kappa shape index (κ2) is 8.56. The van der Waals surface area contributed by atoms with Gasteiger partial charge in [0.2, 0.25) is 5.91 Å². The van der Waals surface area contributed by atoms with Crippen LogP contribution in [-0.2, 0) is 4.79 Å². The van der Waals surface area contributed by atoms with E-state index in [1.807, 2.05) is 65.6 Å². The van der Waals surface area contributed by atoms with Gasteiger partial charge in [0, 0.05) is 34.9 Å². The molecule has 4 rings (SSSR count). The molecule has 0 aromatic heterocycles. The summed E-state index contributed by atoms with van der Waals surface area (Å²) in [6.45, 7) is 5.26. The monoisotopic (exact) mass is 432 g/mol. The molecule has 3 aromatic carbocycles. The third kappa shape index (κ3) is 4.35. The summed E-state index contributed by atoms with van der Waals surface area (Å²) in [5, 5.41) is 4.31. The number of carbonyl (C=O) groups excluding carboxylic acids is 2. The Balaban J connectivity index is 1.75. The van der Waals surface area contributed by atoms with Crippen molar-refractivity contribution in [3.8, 4) is 11.1 Å². The van der Waals surface area contributed by atoms with E-state index < -0.39 is 0 Å². The molecule has 0 spiro atoms. The van der Waals surface area contributed by atoms with Crippen LogP contribution >= 0.6 is 11.6 Å². The lowest BCUT2D eigenvalue weighted by Gasteiger charge is -2.39. The molecule has 4 nitrogen and oxygen atoms in total. The predicted octanol–water partition coefficient (Wildman–Crippen LogP) is 6.51. The van der Waals surface area contributed by atoms with Crippen molar-refractivity contribution >= 4 is 34.7 Å². The number of hydrogen-bond donors (Lipinski definition) is 1. The third-order valence-corrected chi connectivity index (χ3v) is 6.08. The van der Waals surface area contributed by atoms with Gasteiger partial charge in [-0.05, 0) is 73.4 Å². The van der Waals surface area contributed by atoms with E-state index in [0.717, 1.165) is 34.5 Å². The summed E-state index contributed by atoms with van der Waals surface area (Å²) in [6.07, 6.45) is 0.794. The number of amides is 1. The lowest BCUT2D eigenvalue weighted by molar-refractivity contribution is -0.117. The Morgan fingerprint density at radius 1 is 0.935 bits per heavy atom. The molecule has 1 N–H and O–H groups in total. The van der Waals surface area contributed by atoms with E-state index in [9.17, 15) is 9.59 Å². The number of nitrogens with one attached hydrogen (secondary N) is 1. The fourth-order valence-electron chi connectivity index (χ4n) is 4.30. The van der Waals surface area contributed by atoms with Gasteiger partial charge in [0.25, 0.3) is 0 Å². The van der Waals surface area contributed by atoms with Gasteiger partial charge >= 0.3 is 0 Å². The number of nitrogens with zero attached hydrogens (tertiary/aromatic N) is 1. The normalized spacial score (nSPS) is 17.7. The highest BCUT2D eigenvalue weighted by atomic mass is 35.5. The zero-order valence-electron chi connectivity index (χ0n) is 17.9. The Hall–Kier alpha value is -3.11. The van der Waals surface area contributed by atoms with Gasteiger partial charge in [0.05, 0.1) is 6.04 Å². The van der Waals surface area contributed by atoms with Crippen molar-refractivity contribution in [3.63, 3.8) is 0 Å². The van der Waals surface area contributed by atoms with Crippen LogP contribution in [0, 0.1) is 0 Å². The van der Waals surface area contributed by atoms with Crippen LogP contribution in [0.3, 0.4) is 0 Å². The zero-order valence-corrected chi connectivity index (χ0v) is 18.6. The number of fused-ring (bicyclic) bond motifs is 1. The van der Waals surface area contributed by atoms with Crippen molar-refractivity contribution in [2.24, 2.45) is 0 Å². The molecule has 0 saturated carbocycles. The fraction of sp³-hybridized carbons (Fsp3) is 0.231. The quantitative estimate of drug-likeness (QED) is 0.478. The number of anilines is 2. The molecule has 0 aliphatic carbocycles. The maximum Gasteiger partial charge on any atom is 0.224 e. The summed E-state index contributed by atoms with van der Waals surface area (Å²) in [4.78, 5) is 25.9. The Bertz CT molecular complexity index is 1120. The summed E-state index contributed by atoms with van der Waals surface area (Å²) in [5.41, 5.74) is 5.78. The molecule has 1 amide bonds. The van der Waals surface area contributed by atoms with Crippen LogP contribution in [-0.4, -0.2) is 17.7 Å². The van der Waals surface area contributed by atoms with E-state index >= 15 is 0 Å². The molecule has 31 heavy (non-hydrogen) atoms. The van der Waals surface area contributed by atoms with Gasteiger partial charge in [-0.2, -0.15) is 0 Å². The minimum Gasteiger partial charge on any atom is -0.378 e. The first-order valence-corrected chi connectivity index (χ1v) is 10.8. The predicted molar refractivity (Wildman–Crippen MR) is 127 cm³/mol. The van der Waals surface area contributed by atoms with Crippen molar-refractivity contribution in [1.29, 1.82) is 0 Å². The first-order valence-electron chi connectivity index (χ1n) is 10.4. The van der Waals surface area contributed by atoms with Crippen LogP contribution in [0.25, 0.3) is 11.1 Å². The molecule has 5 heteroatoms. The van der Waals surface area contributed by atoms with Crippen molar-refractivity contribution in [1.82, 2.24) is 0 Å². The standard InChI is InChI=1S/C26H25ClN2O2/c1-16-14-25(28-23-11-9-22(27)10-12-23)24-15-21(8-13-26(24)29(16)18(3)31)20-6-4-19(5-7-20)17(2)30/h4-13,15-16,25,28H,14H2,1-3H3/t16-,25+/m0/s1. The maximum atomic E-state index is 12.4. The van der Waals surface area contributed by atoms with E-state index in [0.29, 0.717) is 10.6 Å². The smallest absolute Gasteiger partial charge is 0.224 e. The van der Waals surface area contributed by atoms with Crippen LogP contribution < -0.4 is 10.2 Å². The van der Waals surface area contributed by atoms with Crippen LogP contribution in [0.5, 0.6) is 0 Å². The van der Waals surface area contributed by atoms with Gasteiger partial charge in [0.15, 0.2) is 5.78 Å². The van der Waals surface area contributed by atoms with Gasteiger partial charge < -0.3 is 10.2 Å². The van der Waals surface area contributed by atoms with Crippen molar-refractivity contribution in [2.75, 3.05) is 10.2 Å². The van der Waals surface area contributed by atoms with Gasteiger partial charge in [0.1, 0.15) is 0 Å². The highest BCUT2D eigenvalue weighted by Gasteiger charge is 2.32. The number of carbonyl (C=O) groups is 2. The number of Topliss-reactive ketones (excluding diaryl/α,β-unsaturated/α-hetero) is 1. The Morgan fingerprint density at radius 2 is 1.58 bits per heavy atom. The van der Waals surface area contributed by atoms with E-state index in [1.165, 1.54) is 0 Å². The Morgan fingerprint density at radius 3 is 2.19 bits per heavy atom. The molecule has 1 aliphatic rings. The van der Waals surface area contributed by atoms with E-state index in [1.54, 1.807) is 13.8 Å². The largest absolute Gasteiger partial charge is 0.378 e. The maximum absolute atomic E-state index is 12.4. The first-order chi connectivity index (χ1) is 14.8. The summed E-state index contributed by atoms with van der Waals surface area (Å²) in [7, 11) is 0. The highest BCUT2D eigenvalue weighted by Crippen LogP contribution is 2.41. The van der Waals surface area contributed by atoms with Gasteiger partial charge in [-0.25, -0.2) is 0 Å². The highest BCUT2D eigenvalue weighted by molar-refractivity contribution is 6.30. The van der Waals surface area contributed by atoms with Crippen LogP contribution in [0.1, 0.15) is 49.2 Å². The molecule has 158 valence electrons. The molecule has 1 aliphatic heterocycles. The molecule has 0 radical (unpaired) electrons. The molecule has 0 saturated heterocycles. The minimum atomic E-state index is 0.0391. The summed E-state index contributed by atoms with van der Waals surface area (Å²) < 4.78 is 0. The zero-order chi connectivity index (χ0) is 22.1. The molecular formula is C26H25ClN2O2. The average molecular weight is 433 g/mol. The van der Waals surface area contributed by atoms with Crippen LogP contribution in [0.2, 0.25) is 5.02 Å². The van der Waals surface area contributed by atoms with Gasteiger partial charge in [-0.3, -0.25) is 9.59 Å². The number of hydrogen-bond acceptors (Lipinski definition) is 3. The summed E-state index contributed by atoms with van der Waals surface area (Å²) >= 11 is 6.04. The first kappa shape index (κ1) is 21.1. The van der Waals surface area contributed by atoms with Crippen LogP contribution in [0.4, 0.5) is 11.4 Å². The van der Waals surface area contributed by atoms with E-state index in [2.05, 4.69) is 18.3 Å². The van der Waals surface area contributed by atoms with Crippen LogP contribution in [0.15, 0.2) is 66.7 Å². The van der Waals surface area contributed by atoms with Gasteiger partial charge in [-0.15, -0.1) is 0 Å². The number of ketones is 1. The average Bonchev–Trinajstić information content (AvgIpc) is 2.75. The summed E-state index contributed by atoms with van der Waals surface area (Å²) in [5.74, 6) is 0.0903. The SMILES string of the molecule is CC(=O)c1ccc(-c2ccc3c(c2)[C@H](Nc2ccc(Cl)cc2)C[C@H](C)N3C(C)=O)cc1. The topological polar surface area (TPSA) is 49.4 Å². The molecule has 1 heterocycles. The molecule has 0 bridgehead atoms. The lowest BCUT2D eigenvalue weighted by Crippen LogP contribution is -2.43. The number of halogens is 1. The second-order valence-electron chi connectivity index (χ2n) is 8.08. The molecule has 0 fully saturated rings. The van der Waals surface area contributed by atoms with Crippen molar-refractivity contribution in [3.05, 3.63) is 82.9 Å². The second-order valence-corrected chi connectivity index (χ2v) is 8.52. The minimum absolute atomic E-state index is 0.0391. The third-order valence-electron chi connectivity index (χ3n) is 5.83. The van der Waals surface area contributed by atoms with Gasteiger partial charge in [-0.1, -0.05) is 41.9 Å². The molecular weight excluding hydrogens is 408 g/mol. The summed E-state index contributed by atoms with van der Waals surface area (Å²) in [6, 6.07) is 21.6. The Labute approximate surface area is 187 Å². The lowest BCUT2D eigenvalue weighted by atomic mass is 9.88. The van der Waals surface area contributed by atoms with Crippen molar-refractivity contribution < 1.29 is 9.59 Å². The Kier molecular flexibility index (Phi) is 5.84. The fourth-order valence-corrected chi connectivity index (χ4v) is 4.43. The molecule has 0 unspecified atom stereocenters. The molecule has 2 atom stereocenters. The number of rotatable bonds is 4. The number of benzene rings is 3.